The number of amides is 2. The summed E-state index contributed by atoms with van der Waals surface area (Å²) in [6.45, 7) is 11.2. The Labute approximate surface area is 138 Å². The number of nitrogens with zero attached hydrogens (tertiary/aromatic N) is 3. The Kier molecular flexibility index (Phi) is 7.26. The normalized spacial score (nSPS) is 21.9. The van der Waals surface area contributed by atoms with Gasteiger partial charge in [-0.05, 0) is 13.3 Å². The smallest absolute Gasteiger partial charge is 0.237 e. The van der Waals surface area contributed by atoms with Gasteiger partial charge >= 0.3 is 0 Å². The fourth-order valence-electron chi connectivity index (χ4n) is 2.97. The number of carbonyl (C=O) groups excluding carboxylic acids is 2. The molecule has 0 aromatic heterocycles. The van der Waals surface area contributed by atoms with Crippen LogP contribution in [0.15, 0.2) is 0 Å². The average molecular weight is 326 g/mol. The number of rotatable bonds is 6. The minimum absolute atomic E-state index is 0.0833. The summed E-state index contributed by atoms with van der Waals surface area (Å²) in [4.78, 5) is 30.6. The highest BCUT2D eigenvalue weighted by atomic mass is 16.5. The van der Waals surface area contributed by atoms with E-state index in [0.717, 1.165) is 39.1 Å². The second-order valence-corrected chi connectivity index (χ2v) is 6.27. The van der Waals surface area contributed by atoms with Gasteiger partial charge in [-0.15, -0.1) is 0 Å². The van der Waals surface area contributed by atoms with E-state index in [4.69, 9.17) is 4.74 Å². The highest BCUT2D eigenvalue weighted by Gasteiger charge is 2.28. The quantitative estimate of drug-likeness (QED) is 0.705. The molecule has 7 nitrogen and oxygen atoms in total. The lowest BCUT2D eigenvalue weighted by molar-refractivity contribution is -0.136. The van der Waals surface area contributed by atoms with E-state index in [0.29, 0.717) is 32.8 Å². The highest BCUT2D eigenvalue weighted by molar-refractivity contribution is 5.81. The SMILES string of the molecule is CCCNC(=O)C(C)N1CCN(C(=O)CN2CCOCC2)CC1. The van der Waals surface area contributed by atoms with Crippen LogP contribution in [0.2, 0.25) is 0 Å². The number of piperazine rings is 1. The van der Waals surface area contributed by atoms with Crippen molar-refractivity contribution in [1.29, 1.82) is 0 Å². The molecule has 2 aliphatic rings. The fourth-order valence-corrected chi connectivity index (χ4v) is 2.97. The monoisotopic (exact) mass is 326 g/mol. The van der Waals surface area contributed by atoms with Crippen molar-refractivity contribution < 1.29 is 14.3 Å². The van der Waals surface area contributed by atoms with Crippen LogP contribution in [-0.4, -0.2) is 98.1 Å². The molecule has 0 aromatic rings. The summed E-state index contributed by atoms with van der Waals surface area (Å²) >= 11 is 0. The van der Waals surface area contributed by atoms with E-state index in [1.165, 1.54) is 0 Å². The Morgan fingerprint density at radius 3 is 2.35 bits per heavy atom. The lowest BCUT2D eigenvalue weighted by atomic mass is 10.2. The van der Waals surface area contributed by atoms with Crippen molar-refractivity contribution in [2.75, 3.05) is 65.6 Å². The number of morpholine rings is 1. The van der Waals surface area contributed by atoms with Gasteiger partial charge < -0.3 is 15.0 Å². The van der Waals surface area contributed by atoms with Crippen LogP contribution in [0.4, 0.5) is 0 Å². The maximum absolute atomic E-state index is 12.4. The summed E-state index contributed by atoms with van der Waals surface area (Å²) in [6, 6.07) is -0.127. The molecule has 7 heteroatoms. The van der Waals surface area contributed by atoms with E-state index in [1.807, 2.05) is 18.7 Å². The lowest BCUT2D eigenvalue weighted by Gasteiger charge is -2.38. The maximum atomic E-state index is 12.4. The van der Waals surface area contributed by atoms with Crippen molar-refractivity contribution in [3.8, 4) is 0 Å². The third-order valence-electron chi connectivity index (χ3n) is 4.61. The minimum Gasteiger partial charge on any atom is -0.379 e. The minimum atomic E-state index is -0.127. The van der Waals surface area contributed by atoms with Gasteiger partial charge in [0.2, 0.25) is 11.8 Å². The first kappa shape index (κ1) is 18.2. The Hall–Kier alpha value is -1.18. The summed E-state index contributed by atoms with van der Waals surface area (Å²) in [5.74, 6) is 0.273. The lowest BCUT2D eigenvalue weighted by Crippen LogP contribution is -2.56. The number of hydrogen-bond donors (Lipinski definition) is 1. The summed E-state index contributed by atoms with van der Waals surface area (Å²) in [5, 5.41) is 2.94. The Balaban J connectivity index is 1.72. The van der Waals surface area contributed by atoms with Crippen LogP contribution in [0.25, 0.3) is 0 Å². The molecule has 2 aliphatic heterocycles. The molecule has 0 aliphatic carbocycles. The zero-order chi connectivity index (χ0) is 16.7. The molecule has 2 rings (SSSR count). The first-order chi connectivity index (χ1) is 11.1. The zero-order valence-corrected chi connectivity index (χ0v) is 14.4. The van der Waals surface area contributed by atoms with Crippen LogP contribution in [0.3, 0.4) is 0 Å². The first-order valence-corrected chi connectivity index (χ1v) is 8.71. The van der Waals surface area contributed by atoms with Crippen LogP contribution in [0, 0.1) is 0 Å². The third-order valence-corrected chi connectivity index (χ3v) is 4.61. The number of hydrogen-bond acceptors (Lipinski definition) is 5. The van der Waals surface area contributed by atoms with Gasteiger partial charge in [-0.1, -0.05) is 6.92 Å². The van der Waals surface area contributed by atoms with Gasteiger partial charge in [0.25, 0.3) is 0 Å². The van der Waals surface area contributed by atoms with E-state index in [-0.39, 0.29) is 17.9 Å². The molecule has 23 heavy (non-hydrogen) atoms. The van der Waals surface area contributed by atoms with Crippen molar-refractivity contribution in [1.82, 2.24) is 20.0 Å². The molecular weight excluding hydrogens is 296 g/mol. The molecule has 0 spiro atoms. The Morgan fingerprint density at radius 2 is 1.74 bits per heavy atom. The molecule has 0 saturated carbocycles. The van der Waals surface area contributed by atoms with E-state index in [2.05, 4.69) is 15.1 Å². The summed E-state index contributed by atoms with van der Waals surface area (Å²) in [7, 11) is 0. The molecule has 0 bridgehead atoms. The predicted octanol–water partition coefficient (Wildman–Crippen LogP) is -0.622. The molecule has 132 valence electrons. The molecule has 2 amide bonds. The fraction of sp³-hybridized carbons (Fsp3) is 0.875. The molecule has 1 unspecified atom stereocenters. The van der Waals surface area contributed by atoms with Gasteiger partial charge in [0.1, 0.15) is 0 Å². The Bertz CT molecular complexity index is 391. The molecule has 2 fully saturated rings. The van der Waals surface area contributed by atoms with Crippen LogP contribution in [-0.2, 0) is 14.3 Å². The van der Waals surface area contributed by atoms with E-state index in [1.54, 1.807) is 0 Å². The molecular formula is C16H30N4O3. The molecule has 0 radical (unpaired) electrons. The van der Waals surface area contributed by atoms with E-state index >= 15 is 0 Å². The first-order valence-electron chi connectivity index (χ1n) is 8.71. The molecule has 1 atom stereocenters. The van der Waals surface area contributed by atoms with Gasteiger partial charge in [0, 0.05) is 45.8 Å². The largest absolute Gasteiger partial charge is 0.379 e. The Morgan fingerprint density at radius 1 is 1.09 bits per heavy atom. The standard InChI is InChI=1S/C16H30N4O3/c1-3-4-17-16(22)14(2)19-5-7-20(8-6-19)15(21)13-18-9-11-23-12-10-18/h14H,3-13H2,1-2H3,(H,17,22). The van der Waals surface area contributed by atoms with Gasteiger partial charge in [0.15, 0.2) is 0 Å². The second-order valence-electron chi connectivity index (χ2n) is 6.27. The van der Waals surface area contributed by atoms with Crippen LogP contribution >= 0.6 is 0 Å². The average Bonchev–Trinajstić information content (AvgIpc) is 2.60. The van der Waals surface area contributed by atoms with Gasteiger partial charge in [-0.25, -0.2) is 0 Å². The maximum Gasteiger partial charge on any atom is 0.237 e. The molecule has 0 aromatic carbocycles. The number of ether oxygens (including phenoxy) is 1. The highest BCUT2D eigenvalue weighted by Crippen LogP contribution is 2.08. The summed E-state index contributed by atoms with van der Waals surface area (Å²) in [6.07, 6.45) is 0.947. The van der Waals surface area contributed by atoms with Crippen LogP contribution in [0.5, 0.6) is 0 Å². The zero-order valence-electron chi connectivity index (χ0n) is 14.4. The molecule has 2 saturated heterocycles. The van der Waals surface area contributed by atoms with Crippen LogP contribution < -0.4 is 5.32 Å². The summed E-state index contributed by atoms with van der Waals surface area (Å²) < 4.78 is 5.31. The second kappa shape index (κ2) is 9.20. The van der Waals surface area contributed by atoms with Crippen molar-refractivity contribution in [2.24, 2.45) is 0 Å². The topological polar surface area (TPSA) is 65.1 Å². The van der Waals surface area contributed by atoms with Gasteiger partial charge in [-0.2, -0.15) is 0 Å². The van der Waals surface area contributed by atoms with E-state index < -0.39 is 0 Å². The number of carbonyl (C=O) groups is 2. The van der Waals surface area contributed by atoms with Crippen molar-refractivity contribution in [3.63, 3.8) is 0 Å². The predicted molar refractivity (Wildman–Crippen MR) is 88.2 cm³/mol. The molecule has 2 heterocycles. The van der Waals surface area contributed by atoms with Crippen molar-refractivity contribution in [2.45, 2.75) is 26.3 Å². The third kappa shape index (κ3) is 5.44. The summed E-state index contributed by atoms with van der Waals surface area (Å²) in [5.41, 5.74) is 0. The van der Waals surface area contributed by atoms with E-state index in [9.17, 15) is 9.59 Å². The van der Waals surface area contributed by atoms with Crippen molar-refractivity contribution >= 4 is 11.8 Å². The van der Waals surface area contributed by atoms with Crippen molar-refractivity contribution in [3.05, 3.63) is 0 Å². The molecule has 1 N–H and O–H groups in total. The van der Waals surface area contributed by atoms with Gasteiger partial charge in [-0.3, -0.25) is 19.4 Å². The number of nitrogens with one attached hydrogen (secondary N) is 1. The van der Waals surface area contributed by atoms with Gasteiger partial charge in [0.05, 0.1) is 25.8 Å². The van der Waals surface area contributed by atoms with Crippen LogP contribution in [0.1, 0.15) is 20.3 Å².